The van der Waals surface area contributed by atoms with E-state index in [9.17, 15) is 4.79 Å². The van der Waals surface area contributed by atoms with Crippen LogP contribution >= 0.6 is 0 Å². The minimum absolute atomic E-state index is 0.0628. The SMILES string of the molecule is COc1ccc(-c2noc(CCCC(=O)NCCN3CCN(c4ccccc4)CC3)n2)cc1. The van der Waals surface area contributed by atoms with Crippen molar-refractivity contribution >= 4 is 11.6 Å². The molecule has 0 aliphatic carbocycles. The number of ether oxygens (including phenoxy) is 1. The molecular weight excluding hydrogens is 418 g/mol. The van der Waals surface area contributed by atoms with Gasteiger partial charge in [0.1, 0.15) is 5.75 Å². The van der Waals surface area contributed by atoms with Crippen molar-refractivity contribution < 1.29 is 14.1 Å². The first-order chi connectivity index (χ1) is 16.2. The number of hydrogen-bond donors (Lipinski definition) is 1. The topological polar surface area (TPSA) is 83.7 Å². The Morgan fingerprint density at radius 1 is 1.06 bits per heavy atom. The van der Waals surface area contributed by atoms with Crippen LogP contribution in [0.5, 0.6) is 5.75 Å². The Bertz CT molecular complexity index is 998. The van der Waals surface area contributed by atoms with E-state index in [2.05, 4.69) is 49.5 Å². The molecule has 1 aliphatic rings. The van der Waals surface area contributed by atoms with Gasteiger partial charge >= 0.3 is 0 Å². The zero-order valence-corrected chi connectivity index (χ0v) is 19.1. The zero-order chi connectivity index (χ0) is 22.9. The van der Waals surface area contributed by atoms with E-state index < -0.39 is 0 Å². The van der Waals surface area contributed by atoms with Crippen LogP contribution < -0.4 is 15.0 Å². The van der Waals surface area contributed by atoms with Gasteiger partial charge in [0.25, 0.3) is 0 Å². The standard InChI is InChI=1S/C25H31N5O3/c1-32-22-12-10-20(11-13-22)25-27-24(33-28-25)9-5-8-23(31)26-14-15-29-16-18-30(19-17-29)21-6-3-2-4-7-21/h2-4,6-7,10-13H,5,8-9,14-19H2,1H3,(H,26,31). The monoisotopic (exact) mass is 449 g/mol. The van der Waals surface area contributed by atoms with E-state index in [4.69, 9.17) is 9.26 Å². The quantitative estimate of drug-likeness (QED) is 0.509. The third-order valence-electron chi connectivity index (χ3n) is 5.85. The molecular formula is C25H31N5O3. The first kappa shape index (κ1) is 22.8. The largest absolute Gasteiger partial charge is 0.497 e. The van der Waals surface area contributed by atoms with E-state index in [1.54, 1.807) is 7.11 Å². The second-order valence-electron chi connectivity index (χ2n) is 8.11. The molecule has 0 unspecified atom stereocenters. The number of aromatic nitrogens is 2. The van der Waals surface area contributed by atoms with Crippen molar-refractivity contribution in [2.24, 2.45) is 0 Å². The Morgan fingerprint density at radius 3 is 2.55 bits per heavy atom. The van der Waals surface area contributed by atoms with Gasteiger partial charge in [0.05, 0.1) is 7.11 Å². The van der Waals surface area contributed by atoms with Crippen LogP contribution in [0.25, 0.3) is 11.4 Å². The molecule has 1 amide bonds. The van der Waals surface area contributed by atoms with Gasteiger partial charge in [0.2, 0.25) is 17.6 Å². The van der Waals surface area contributed by atoms with Gasteiger partial charge in [-0.1, -0.05) is 23.4 Å². The summed E-state index contributed by atoms with van der Waals surface area (Å²) >= 11 is 0. The van der Waals surface area contributed by atoms with Crippen molar-refractivity contribution in [2.75, 3.05) is 51.3 Å². The van der Waals surface area contributed by atoms with Crippen molar-refractivity contribution in [2.45, 2.75) is 19.3 Å². The summed E-state index contributed by atoms with van der Waals surface area (Å²) in [5, 5.41) is 7.06. The number of para-hydroxylation sites is 1. The smallest absolute Gasteiger partial charge is 0.226 e. The molecule has 0 bridgehead atoms. The van der Waals surface area contributed by atoms with Crippen molar-refractivity contribution in [1.82, 2.24) is 20.4 Å². The molecule has 1 fully saturated rings. The molecule has 0 saturated carbocycles. The number of carbonyl (C=O) groups excluding carboxylic acids is 1. The summed E-state index contributed by atoms with van der Waals surface area (Å²) in [5.74, 6) is 1.94. The number of hydrogen-bond acceptors (Lipinski definition) is 7. The molecule has 8 heteroatoms. The average molecular weight is 450 g/mol. The Morgan fingerprint density at radius 2 is 1.82 bits per heavy atom. The van der Waals surface area contributed by atoms with Crippen LogP contribution in [0.1, 0.15) is 18.7 Å². The number of amides is 1. The maximum absolute atomic E-state index is 12.2. The van der Waals surface area contributed by atoms with Crippen molar-refractivity contribution in [3.8, 4) is 17.1 Å². The summed E-state index contributed by atoms with van der Waals surface area (Å²) < 4.78 is 10.5. The molecule has 1 N–H and O–H groups in total. The van der Waals surface area contributed by atoms with Crippen LogP contribution in [0, 0.1) is 0 Å². The van der Waals surface area contributed by atoms with Gasteiger partial charge in [-0.3, -0.25) is 9.69 Å². The first-order valence-electron chi connectivity index (χ1n) is 11.5. The van der Waals surface area contributed by atoms with Gasteiger partial charge in [-0.25, -0.2) is 0 Å². The van der Waals surface area contributed by atoms with Crippen LogP contribution in [-0.2, 0) is 11.2 Å². The normalized spacial score (nSPS) is 14.3. The summed E-state index contributed by atoms with van der Waals surface area (Å²) in [6.07, 6.45) is 1.70. The molecule has 0 spiro atoms. The van der Waals surface area contributed by atoms with Gasteiger partial charge in [-0.2, -0.15) is 4.98 Å². The minimum atomic E-state index is 0.0628. The fourth-order valence-electron chi connectivity index (χ4n) is 3.92. The Balaban J connectivity index is 1.10. The zero-order valence-electron chi connectivity index (χ0n) is 19.1. The number of benzene rings is 2. The third-order valence-corrected chi connectivity index (χ3v) is 5.85. The highest BCUT2D eigenvalue weighted by Gasteiger charge is 2.17. The number of nitrogens with zero attached hydrogens (tertiary/aromatic N) is 4. The lowest BCUT2D eigenvalue weighted by Gasteiger charge is -2.36. The van der Waals surface area contributed by atoms with Crippen molar-refractivity contribution in [3.05, 3.63) is 60.5 Å². The van der Waals surface area contributed by atoms with E-state index in [0.717, 1.165) is 44.0 Å². The van der Waals surface area contributed by atoms with Crippen LogP contribution in [0.2, 0.25) is 0 Å². The van der Waals surface area contributed by atoms with Crippen molar-refractivity contribution in [3.63, 3.8) is 0 Å². The van der Waals surface area contributed by atoms with Crippen LogP contribution in [-0.4, -0.2) is 67.3 Å². The molecule has 2 aromatic carbocycles. The highest BCUT2D eigenvalue weighted by molar-refractivity contribution is 5.75. The number of rotatable bonds is 10. The summed E-state index contributed by atoms with van der Waals surface area (Å²) in [6, 6.07) is 18.0. The number of methoxy groups -OCH3 is 1. The fourth-order valence-corrected chi connectivity index (χ4v) is 3.92. The Hall–Kier alpha value is -3.39. The van der Waals surface area contributed by atoms with E-state index >= 15 is 0 Å². The molecule has 1 aromatic heterocycles. The number of piperazine rings is 1. The third kappa shape index (κ3) is 6.55. The molecule has 4 rings (SSSR count). The van der Waals surface area contributed by atoms with Crippen molar-refractivity contribution in [1.29, 1.82) is 0 Å². The summed E-state index contributed by atoms with van der Waals surface area (Å²) in [7, 11) is 1.63. The predicted molar refractivity (Wildman–Crippen MR) is 127 cm³/mol. The summed E-state index contributed by atoms with van der Waals surface area (Å²) in [5.41, 5.74) is 2.15. The predicted octanol–water partition coefficient (Wildman–Crippen LogP) is 3.01. The van der Waals surface area contributed by atoms with Crippen LogP contribution in [0.15, 0.2) is 59.1 Å². The van der Waals surface area contributed by atoms with E-state index in [0.29, 0.717) is 37.5 Å². The van der Waals surface area contributed by atoms with E-state index in [1.165, 1.54) is 5.69 Å². The van der Waals surface area contributed by atoms with E-state index in [-0.39, 0.29) is 5.91 Å². The maximum atomic E-state index is 12.2. The average Bonchev–Trinajstić information content (AvgIpc) is 3.34. The number of anilines is 1. The lowest BCUT2D eigenvalue weighted by molar-refractivity contribution is -0.121. The van der Waals surface area contributed by atoms with Crippen LogP contribution in [0.4, 0.5) is 5.69 Å². The molecule has 174 valence electrons. The minimum Gasteiger partial charge on any atom is -0.497 e. The lowest BCUT2D eigenvalue weighted by Crippen LogP contribution is -2.48. The molecule has 1 aliphatic heterocycles. The van der Waals surface area contributed by atoms with Crippen LogP contribution in [0.3, 0.4) is 0 Å². The lowest BCUT2D eigenvalue weighted by atomic mass is 10.2. The molecule has 8 nitrogen and oxygen atoms in total. The summed E-state index contributed by atoms with van der Waals surface area (Å²) in [6.45, 7) is 5.60. The number of carbonyl (C=O) groups is 1. The molecule has 0 radical (unpaired) electrons. The molecule has 1 saturated heterocycles. The highest BCUT2D eigenvalue weighted by Crippen LogP contribution is 2.20. The molecule has 0 atom stereocenters. The molecule has 3 aromatic rings. The maximum Gasteiger partial charge on any atom is 0.226 e. The van der Waals surface area contributed by atoms with Gasteiger partial charge in [0.15, 0.2) is 0 Å². The second kappa shape index (κ2) is 11.5. The Kier molecular flexibility index (Phi) is 7.92. The van der Waals surface area contributed by atoms with Gasteiger partial charge in [0, 0.05) is 63.4 Å². The van der Waals surface area contributed by atoms with Gasteiger partial charge in [-0.15, -0.1) is 0 Å². The van der Waals surface area contributed by atoms with Gasteiger partial charge < -0.3 is 19.5 Å². The number of nitrogens with one attached hydrogen (secondary N) is 1. The highest BCUT2D eigenvalue weighted by atomic mass is 16.5. The molecule has 33 heavy (non-hydrogen) atoms. The summed E-state index contributed by atoms with van der Waals surface area (Å²) in [4.78, 5) is 21.4. The first-order valence-corrected chi connectivity index (χ1v) is 11.5. The second-order valence-corrected chi connectivity index (χ2v) is 8.11. The van der Waals surface area contributed by atoms with E-state index in [1.807, 2.05) is 30.3 Å². The Labute approximate surface area is 194 Å². The fraction of sp³-hybridized carbons (Fsp3) is 0.400. The molecule has 2 heterocycles. The number of aryl methyl sites for hydroxylation is 1. The van der Waals surface area contributed by atoms with Gasteiger partial charge in [-0.05, 0) is 42.8 Å².